The number of fused-ring (bicyclic) bond motifs is 2. The van der Waals surface area contributed by atoms with Crippen LogP contribution in [0.5, 0.6) is 5.75 Å². The van der Waals surface area contributed by atoms with Crippen LogP contribution in [0.1, 0.15) is 19.9 Å². The summed E-state index contributed by atoms with van der Waals surface area (Å²) < 4.78 is 29.0. The highest BCUT2D eigenvalue weighted by Crippen LogP contribution is 2.38. The molecule has 0 radical (unpaired) electrons. The zero-order valence-corrected chi connectivity index (χ0v) is 21.0. The normalized spacial score (nSPS) is 15.4. The fraction of sp³-hybridized carbons (Fsp3) is 0.286. The Morgan fingerprint density at radius 2 is 2.00 bits per heavy atom. The first-order chi connectivity index (χ1) is 18.5. The van der Waals surface area contributed by atoms with Gasteiger partial charge in [-0.3, -0.25) is 9.67 Å². The first-order valence-electron chi connectivity index (χ1n) is 12.5. The molecule has 194 valence electrons. The zero-order chi connectivity index (χ0) is 26.2. The Morgan fingerprint density at radius 1 is 1.13 bits per heavy atom. The van der Waals surface area contributed by atoms with Crippen LogP contribution < -0.4 is 10.1 Å². The summed E-state index contributed by atoms with van der Waals surface area (Å²) in [5.74, 6) is 0.867. The Bertz CT molecular complexity index is 1620. The topological polar surface area (TPSA) is 107 Å². The third kappa shape index (κ3) is 4.42. The summed E-state index contributed by atoms with van der Waals surface area (Å²) in [6, 6.07) is 10.5. The number of pyridine rings is 1. The van der Waals surface area contributed by atoms with E-state index >= 15 is 4.39 Å². The summed E-state index contributed by atoms with van der Waals surface area (Å²) in [6.45, 7) is 5.17. The molecule has 6 rings (SSSR count). The average Bonchev–Trinajstić information content (AvgIpc) is 3.39. The Morgan fingerprint density at radius 3 is 2.79 bits per heavy atom. The summed E-state index contributed by atoms with van der Waals surface area (Å²) in [4.78, 5) is 13.2. The molecule has 10 heteroatoms. The highest BCUT2D eigenvalue weighted by molar-refractivity contribution is 5.99. The van der Waals surface area contributed by atoms with Gasteiger partial charge in [0.05, 0.1) is 54.2 Å². The smallest absolute Gasteiger partial charge is 0.156 e. The maximum Gasteiger partial charge on any atom is 0.156 e. The van der Waals surface area contributed by atoms with E-state index in [-0.39, 0.29) is 30.4 Å². The minimum absolute atomic E-state index is 0.0160. The summed E-state index contributed by atoms with van der Waals surface area (Å²) in [6.07, 6.45) is 6.60. The van der Waals surface area contributed by atoms with Crippen LogP contribution in [-0.4, -0.2) is 55.8 Å². The molecule has 0 amide bonds. The second-order valence-corrected chi connectivity index (χ2v) is 9.57. The molecule has 0 bridgehead atoms. The molecule has 5 aromatic rings. The molecular formula is C28H27FN6O3. The number of aliphatic hydroxyl groups is 1. The second-order valence-electron chi connectivity index (χ2n) is 9.57. The van der Waals surface area contributed by atoms with E-state index < -0.39 is 5.82 Å². The SMILES string of the molecule is CC(CO)n1cc(-c2cc(O[C@H](C)C3COC3)c3c(Nc4ccc5ncccc5c4F)ncnc3c2)cn1. The number of anilines is 2. The Labute approximate surface area is 218 Å². The van der Waals surface area contributed by atoms with Gasteiger partial charge in [-0.15, -0.1) is 0 Å². The van der Waals surface area contributed by atoms with Crippen molar-refractivity contribution in [3.05, 3.63) is 67.1 Å². The third-order valence-corrected chi connectivity index (χ3v) is 6.97. The molecule has 0 spiro atoms. The van der Waals surface area contributed by atoms with Gasteiger partial charge in [-0.2, -0.15) is 5.10 Å². The predicted molar refractivity (Wildman–Crippen MR) is 142 cm³/mol. The molecule has 1 unspecified atom stereocenters. The molecule has 9 nitrogen and oxygen atoms in total. The van der Waals surface area contributed by atoms with Crippen LogP contribution in [0.2, 0.25) is 0 Å². The van der Waals surface area contributed by atoms with Crippen LogP contribution in [0.4, 0.5) is 15.9 Å². The van der Waals surface area contributed by atoms with Crippen molar-refractivity contribution in [1.82, 2.24) is 24.7 Å². The first kappa shape index (κ1) is 24.2. The number of aliphatic hydroxyl groups excluding tert-OH is 1. The van der Waals surface area contributed by atoms with E-state index in [2.05, 4.69) is 25.4 Å². The van der Waals surface area contributed by atoms with E-state index in [0.717, 1.165) is 11.1 Å². The quantitative estimate of drug-likeness (QED) is 0.301. The monoisotopic (exact) mass is 514 g/mol. The highest BCUT2D eigenvalue weighted by atomic mass is 19.1. The van der Waals surface area contributed by atoms with Crippen molar-refractivity contribution in [2.45, 2.75) is 26.0 Å². The van der Waals surface area contributed by atoms with Gasteiger partial charge in [-0.05, 0) is 55.8 Å². The molecule has 0 aliphatic carbocycles. The summed E-state index contributed by atoms with van der Waals surface area (Å²) in [5.41, 5.74) is 3.20. The van der Waals surface area contributed by atoms with Crippen molar-refractivity contribution in [3.63, 3.8) is 0 Å². The summed E-state index contributed by atoms with van der Waals surface area (Å²) in [5, 5.41) is 18.1. The Kier molecular flexibility index (Phi) is 6.34. The van der Waals surface area contributed by atoms with Gasteiger partial charge in [0.2, 0.25) is 0 Å². The number of ether oxygens (including phenoxy) is 2. The van der Waals surface area contributed by atoms with Crippen LogP contribution in [0.3, 0.4) is 0 Å². The molecule has 1 aliphatic rings. The number of benzene rings is 2. The number of hydrogen-bond donors (Lipinski definition) is 2. The largest absolute Gasteiger partial charge is 0.489 e. The van der Waals surface area contributed by atoms with Gasteiger partial charge >= 0.3 is 0 Å². The molecular weight excluding hydrogens is 487 g/mol. The van der Waals surface area contributed by atoms with Gasteiger partial charge in [0, 0.05) is 29.3 Å². The molecule has 2 N–H and O–H groups in total. The molecule has 2 aromatic carbocycles. The van der Waals surface area contributed by atoms with Crippen molar-refractivity contribution in [2.75, 3.05) is 25.1 Å². The maximum atomic E-state index is 15.4. The van der Waals surface area contributed by atoms with E-state index in [9.17, 15) is 5.11 Å². The van der Waals surface area contributed by atoms with Gasteiger partial charge in [-0.1, -0.05) is 0 Å². The standard InChI is InChI=1S/C28H27FN6O3/c1-16(12-36)35-11-19(10-33-35)18-8-24-26(25(9-18)38-17(2)20-13-37-14-20)28(32-15-31-24)34-23-6-5-22-21(27(23)29)4-3-7-30-22/h3-11,15-17,20,36H,12-14H2,1-2H3,(H,31,32,34)/t16?,17-/m1/s1. The van der Waals surface area contributed by atoms with Gasteiger partial charge in [0.15, 0.2) is 5.82 Å². The molecule has 2 atom stereocenters. The summed E-state index contributed by atoms with van der Waals surface area (Å²) >= 11 is 0. The number of hydrogen-bond acceptors (Lipinski definition) is 8. The Balaban J connectivity index is 1.45. The van der Waals surface area contributed by atoms with Crippen LogP contribution in [0, 0.1) is 11.7 Å². The van der Waals surface area contributed by atoms with Gasteiger partial charge in [0.25, 0.3) is 0 Å². The van der Waals surface area contributed by atoms with Crippen LogP contribution in [0.25, 0.3) is 32.9 Å². The minimum Gasteiger partial charge on any atom is -0.489 e. The molecule has 1 fully saturated rings. The number of rotatable bonds is 8. The lowest BCUT2D eigenvalue weighted by Gasteiger charge is -2.32. The molecule has 4 heterocycles. The van der Waals surface area contributed by atoms with Crippen LogP contribution >= 0.6 is 0 Å². The van der Waals surface area contributed by atoms with Crippen molar-refractivity contribution in [1.29, 1.82) is 0 Å². The van der Waals surface area contributed by atoms with Crippen LogP contribution in [-0.2, 0) is 4.74 Å². The number of aromatic nitrogens is 5. The van der Waals surface area contributed by atoms with Crippen molar-refractivity contribution in [3.8, 4) is 16.9 Å². The third-order valence-electron chi connectivity index (χ3n) is 6.97. The van der Waals surface area contributed by atoms with Gasteiger partial charge in [-0.25, -0.2) is 14.4 Å². The number of halogens is 1. The maximum absolute atomic E-state index is 15.4. The molecule has 0 saturated carbocycles. The van der Waals surface area contributed by atoms with E-state index in [4.69, 9.17) is 9.47 Å². The number of nitrogens with zero attached hydrogens (tertiary/aromatic N) is 5. The lowest BCUT2D eigenvalue weighted by molar-refractivity contribution is -0.0773. The fourth-order valence-electron chi connectivity index (χ4n) is 4.48. The van der Waals surface area contributed by atoms with E-state index in [1.54, 1.807) is 41.3 Å². The van der Waals surface area contributed by atoms with E-state index in [0.29, 0.717) is 46.6 Å². The van der Waals surface area contributed by atoms with Gasteiger partial charge < -0.3 is 19.9 Å². The predicted octanol–water partition coefficient (Wildman–Crippen LogP) is 4.89. The zero-order valence-electron chi connectivity index (χ0n) is 21.0. The fourth-order valence-corrected chi connectivity index (χ4v) is 4.48. The minimum atomic E-state index is -0.410. The molecule has 3 aromatic heterocycles. The van der Waals surface area contributed by atoms with E-state index in [1.165, 1.54) is 6.33 Å². The van der Waals surface area contributed by atoms with E-state index in [1.807, 2.05) is 32.2 Å². The molecule has 1 saturated heterocycles. The Hall–Kier alpha value is -4.15. The first-order valence-corrected chi connectivity index (χ1v) is 12.5. The number of nitrogens with one attached hydrogen (secondary N) is 1. The lowest BCUT2D eigenvalue weighted by Crippen LogP contribution is -2.39. The lowest BCUT2D eigenvalue weighted by atomic mass is 10.0. The van der Waals surface area contributed by atoms with Crippen molar-refractivity contribution >= 4 is 33.3 Å². The molecule has 38 heavy (non-hydrogen) atoms. The molecule has 1 aliphatic heterocycles. The van der Waals surface area contributed by atoms with Crippen molar-refractivity contribution in [2.24, 2.45) is 5.92 Å². The average molecular weight is 515 g/mol. The second kappa shape index (κ2) is 9.96. The summed E-state index contributed by atoms with van der Waals surface area (Å²) in [7, 11) is 0. The van der Waals surface area contributed by atoms with Crippen LogP contribution in [0.15, 0.2) is 61.3 Å². The van der Waals surface area contributed by atoms with Crippen molar-refractivity contribution < 1.29 is 19.0 Å². The highest BCUT2D eigenvalue weighted by Gasteiger charge is 2.28. The van der Waals surface area contributed by atoms with Gasteiger partial charge in [0.1, 0.15) is 24.0 Å².